The Hall–Kier alpha value is -0.400. The molecule has 42 valence electrons. The molecule has 7 heavy (non-hydrogen) atoms. The molecular weight excluding hydrogens is 88.1 g/mol. The van der Waals surface area contributed by atoms with Gasteiger partial charge in [-0.2, -0.15) is 10.2 Å². The van der Waals surface area contributed by atoms with Gasteiger partial charge in [0, 0.05) is 7.05 Å². The van der Waals surface area contributed by atoms with Crippen molar-refractivity contribution in [2.24, 2.45) is 10.2 Å². The van der Waals surface area contributed by atoms with Gasteiger partial charge in [-0.25, -0.2) is 0 Å². The summed E-state index contributed by atoms with van der Waals surface area (Å²) in [5.74, 6) is 0. The number of hydrogen-bond donors (Lipinski definition) is 0. The van der Waals surface area contributed by atoms with Crippen molar-refractivity contribution in [1.29, 1.82) is 0 Å². The van der Waals surface area contributed by atoms with Crippen LogP contribution in [0.15, 0.2) is 10.2 Å². The fraction of sp³-hybridized carbons (Fsp3) is 1.00. The predicted octanol–water partition coefficient (Wildman–Crippen LogP) is 1.87. The molecule has 0 fully saturated rings. The molecule has 0 N–H and O–H groups in total. The molecule has 2 heteroatoms. The maximum absolute atomic E-state index is 3.79. The van der Waals surface area contributed by atoms with Crippen molar-refractivity contribution in [2.75, 3.05) is 13.6 Å². The van der Waals surface area contributed by atoms with Gasteiger partial charge in [-0.15, -0.1) is 0 Å². The van der Waals surface area contributed by atoms with Crippen LogP contribution in [0, 0.1) is 0 Å². The largest absolute Gasteiger partial charge is 0.198 e. The standard InChI is InChI=1S/C5H12N2/c1-3-4-5-7-6-2/h3-5H2,1-2H3. The molecule has 0 radical (unpaired) electrons. The van der Waals surface area contributed by atoms with E-state index in [-0.39, 0.29) is 0 Å². The van der Waals surface area contributed by atoms with E-state index in [1.165, 1.54) is 6.42 Å². The van der Waals surface area contributed by atoms with E-state index in [1.807, 2.05) is 0 Å². The normalized spacial score (nSPS) is 10.6. The van der Waals surface area contributed by atoms with Crippen LogP contribution in [0.5, 0.6) is 0 Å². The Labute approximate surface area is 44.6 Å². The number of nitrogens with zero attached hydrogens (tertiary/aromatic N) is 2. The molecule has 0 amide bonds. The lowest BCUT2D eigenvalue weighted by Crippen LogP contribution is -1.74. The summed E-state index contributed by atoms with van der Waals surface area (Å²) in [6.07, 6.45) is 2.37. The van der Waals surface area contributed by atoms with Gasteiger partial charge in [0.1, 0.15) is 0 Å². The van der Waals surface area contributed by atoms with Gasteiger partial charge in [-0.1, -0.05) is 13.3 Å². The minimum atomic E-state index is 0.896. The molecule has 0 saturated carbocycles. The van der Waals surface area contributed by atoms with Gasteiger partial charge in [-0.3, -0.25) is 0 Å². The molecular formula is C5H12N2. The third-order valence-electron chi connectivity index (χ3n) is 0.753. The van der Waals surface area contributed by atoms with Crippen LogP contribution >= 0.6 is 0 Å². The second-order valence-electron chi connectivity index (χ2n) is 1.42. The minimum Gasteiger partial charge on any atom is -0.198 e. The molecule has 0 heterocycles. The van der Waals surface area contributed by atoms with Crippen LogP contribution < -0.4 is 0 Å². The summed E-state index contributed by atoms with van der Waals surface area (Å²) in [5, 5.41) is 7.38. The van der Waals surface area contributed by atoms with Crippen molar-refractivity contribution in [1.82, 2.24) is 0 Å². The lowest BCUT2D eigenvalue weighted by Gasteiger charge is -1.83. The van der Waals surface area contributed by atoms with Crippen LogP contribution in [0.1, 0.15) is 19.8 Å². The highest BCUT2D eigenvalue weighted by Gasteiger charge is 1.74. The maximum atomic E-state index is 3.79. The first kappa shape index (κ1) is 6.60. The van der Waals surface area contributed by atoms with Crippen molar-refractivity contribution in [2.45, 2.75) is 19.8 Å². The van der Waals surface area contributed by atoms with E-state index >= 15 is 0 Å². The Balaban J connectivity index is 2.69. The number of rotatable bonds is 3. The van der Waals surface area contributed by atoms with Gasteiger partial charge < -0.3 is 0 Å². The van der Waals surface area contributed by atoms with E-state index < -0.39 is 0 Å². The zero-order valence-electron chi connectivity index (χ0n) is 5.02. The highest BCUT2D eigenvalue weighted by molar-refractivity contribution is 4.35. The first-order valence-corrected chi connectivity index (χ1v) is 2.67. The van der Waals surface area contributed by atoms with Crippen LogP contribution in [0.4, 0.5) is 0 Å². The zero-order chi connectivity index (χ0) is 5.54. The first-order valence-electron chi connectivity index (χ1n) is 2.67. The molecule has 0 aromatic heterocycles. The Morgan fingerprint density at radius 1 is 1.43 bits per heavy atom. The predicted molar refractivity (Wildman–Crippen MR) is 30.6 cm³/mol. The third-order valence-corrected chi connectivity index (χ3v) is 0.753. The van der Waals surface area contributed by atoms with Gasteiger partial charge >= 0.3 is 0 Å². The zero-order valence-corrected chi connectivity index (χ0v) is 5.02. The first-order chi connectivity index (χ1) is 3.41. The lowest BCUT2D eigenvalue weighted by molar-refractivity contribution is 0.774. The highest BCUT2D eigenvalue weighted by atomic mass is 15.1. The quantitative estimate of drug-likeness (QED) is 0.382. The average Bonchev–Trinajstić information content (AvgIpc) is 1.69. The van der Waals surface area contributed by atoms with Crippen LogP contribution in [-0.2, 0) is 0 Å². The van der Waals surface area contributed by atoms with Crippen molar-refractivity contribution in [3.05, 3.63) is 0 Å². The van der Waals surface area contributed by atoms with Crippen molar-refractivity contribution >= 4 is 0 Å². The molecule has 0 spiro atoms. The molecule has 0 bridgehead atoms. The number of azo groups is 1. The van der Waals surface area contributed by atoms with E-state index in [0.717, 1.165) is 13.0 Å². The average molecular weight is 100 g/mol. The number of hydrogen-bond acceptors (Lipinski definition) is 2. The third kappa shape index (κ3) is 5.60. The second kappa shape index (κ2) is 5.60. The summed E-state index contributed by atoms with van der Waals surface area (Å²) < 4.78 is 0. The Morgan fingerprint density at radius 3 is 2.57 bits per heavy atom. The van der Waals surface area contributed by atoms with Crippen molar-refractivity contribution in [3.63, 3.8) is 0 Å². The molecule has 2 nitrogen and oxygen atoms in total. The van der Waals surface area contributed by atoms with Gasteiger partial charge in [0.05, 0.1) is 6.54 Å². The van der Waals surface area contributed by atoms with Crippen LogP contribution in [0.25, 0.3) is 0 Å². The highest BCUT2D eigenvalue weighted by Crippen LogP contribution is 1.85. The van der Waals surface area contributed by atoms with Crippen molar-refractivity contribution in [3.8, 4) is 0 Å². The molecule has 0 rings (SSSR count). The topological polar surface area (TPSA) is 24.7 Å². The van der Waals surface area contributed by atoms with Gasteiger partial charge in [0.2, 0.25) is 0 Å². The Bertz CT molecular complexity index is 50.0. The lowest BCUT2D eigenvalue weighted by atomic mass is 10.3. The van der Waals surface area contributed by atoms with E-state index in [2.05, 4.69) is 17.2 Å². The van der Waals surface area contributed by atoms with Crippen LogP contribution in [-0.4, -0.2) is 13.6 Å². The molecule has 0 aliphatic rings. The summed E-state index contributed by atoms with van der Waals surface area (Å²) in [4.78, 5) is 0. The molecule has 0 atom stereocenters. The fourth-order valence-corrected chi connectivity index (χ4v) is 0.329. The minimum absolute atomic E-state index is 0.896. The smallest absolute Gasteiger partial charge is 0.0598 e. The van der Waals surface area contributed by atoms with Gasteiger partial charge in [-0.05, 0) is 6.42 Å². The summed E-state index contributed by atoms with van der Waals surface area (Å²) >= 11 is 0. The van der Waals surface area contributed by atoms with Crippen LogP contribution in [0.2, 0.25) is 0 Å². The van der Waals surface area contributed by atoms with Crippen molar-refractivity contribution < 1.29 is 0 Å². The van der Waals surface area contributed by atoms with E-state index in [0.29, 0.717) is 0 Å². The maximum Gasteiger partial charge on any atom is 0.0598 e. The summed E-state index contributed by atoms with van der Waals surface area (Å²) in [7, 11) is 1.70. The van der Waals surface area contributed by atoms with Crippen LogP contribution in [0.3, 0.4) is 0 Å². The SMILES string of the molecule is CCCCN=NC. The molecule has 0 aromatic carbocycles. The van der Waals surface area contributed by atoms with E-state index in [1.54, 1.807) is 7.05 Å². The monoisotopic (exact) mass is 100 g/mol. The molecule has 0 aliphatic heterocycles. The fourth-order valence-electron chi connectivity index (χ4n) is 0.329. The van der Waals surface area contributed by atoms with E-state index in [4.69, 9.17) is 0 Å². The summed E-state index contributed by atoms with van der Waals surface area (Å²) in [6, 6.07) is 0. The summed E-state index contributed by atoms with van der Waals surface area (Å²) in [6.45, 7) is 3.04. The Morgan fingerprint density at radius 2 is 2.14 bits per heavy atom. The summed E-state index contributed by atoms with van der Waals surface area (Å²) in [5.41, 5.74) is 0. The van der Waals surface area contributed by atoms with Gasteiger partial charge in [0.15, 0.2) is 0 Å². The second-order valence-corrected chi connectivity index (χ2v) is 1.42. The molecule has 0 unspecified atom stereocenters. The molecule has 0 saturated heterocycles. The molecule has 0 aliphatic carbocycles. The van der Waals surface area contributed by atoms with Gasteiger partial charge in [0.25, 0.3) is 0 Å². The number of unbranched alkanes of at least 4 members (excludes halogenated alkanes) is 1. The van der Waals surface area contributed by atoms with E-state index in [9.17, 15) is 0 Å². The Kier molecular flexibility index (Phi) is 5.28. The molecule has 0 aromatic rings.